The van der Waals surface area contributed by atoms with E-state index in [1.165, 1.54) is 0 Å². The fourth-order valence-electron chi connectivity index (χ4n) is 6.35. The molecule has 1 N–H and O–H groups in total. The quantitative estimate of drug-likeness (QED) is 0.251. The standard InChI is InChI=1S/C37H52N2O7/c1-35(2,3)45-32(41)31(30-15-18-39(24-30)34(43)46-36(4,5)6)22-28-13-10-14-29(21-28)23-37(26-40)16-19-38(20-17-37)33(42)44-25-27-11-8-7-9-12-27/h7-14,21,30-31,40H,15-20,22-26H2,1-6H3/t30-,31-/m0/s1. The number of amides is 2. The zero-order valence-corrected chi connectivity index (χ0v) is 28.4. The lowest BCUT2D eigenvalue weighted by Crippen LogP contribution is -2.45. The maximum Gasteiger partial charge on any atom is 0.410 e. The van der Waals surface area contributed by atoms with E-state index in [2.05, 4.69) is 12.1 Å². The van der Waals surface area contributed by atoms with E-state index in [0.717, 1.165) is 16.7 Å². The largest absolute Gasteiger partial charge is 0.460 e. The molecule has 2 fully saturated rings. The van der Waals surface area contributed by atoms with Crippen LogP contribution in [-0.4, -0.2) is 77.1 Å². The summed E-state index contributed by atoms with van der Waals surface area (Å²) in [6, 6.07) is 17.8. The normalized spacial score (nSPS) is 19.0. The van der Waals surface area contributed by atoms with Crippen LogP contribution in [0.3, 0.4) is 0 Å². The molecular formula is C37H52N2O7. The molecule has 9 nitrogen and oxygen atoms in total. The molecule has 0 spiro atoms. The highest BCUT2D eigenvalue weighted by molar-refractivity contribution is 5.74. The van der Waals surface area contributed by atoms with E-state index in [1.807, 2.05) is 84.0 Å². The molecule has 46 heavy (non-hydrogen) atoms. The van der Waals surface area contributed by atoms with Gasteiger partial charge in [-0.3, -0.25) is 4.79 Å². The van der Waals surface area contributed by atoms with Crippen LogP contribution in [0.25, 0.3) is 0 Å². The Kier molecular flexibility index (Phi) is 11.4. The van der Waals surface area contributed by atoms with E-state index < -0.39 is 17.1 Å². The fraction of sp³-hybridized carbons (Fsp3) is 0.595. The van der Waals surface area contributed by atoms with Crippen molar-refractivity contribution in [1.82, 2.24) is 9.80 Å². The molecule has 0 saturated carbocycles. The molecule has 2 aliphatic rings. The first-order valence-electron chi connectivity index (χ1n) is 16.5. The van der Waals surface area contributed by atoms with E-state index >= 15 is 0 Å². The molecule has 0 unspecified atom stereocenters. The van der Waals surface area contributed by atoms with Crippen molar-refractivity contribution in [2.24, 2.45) is 17.3 Å². The number of esters is 1. The van der Waals surface area contributed by atoms with Gasteiger partial charge < -0.3 is 29.1 Å². The minimum atomic E-state index is -0.628. The van der Waals surface area contributed by atoms with Gasteiger partial charge in [0.05, 0.1) is 5.92 Å². The minimum absolute atomic E-state index is 0.0211. The van der Waals surface area contributed by atoms with Crippen LogP contribution in [0.4, 0.5) is 9.59 Å². The number of likely N-dealkylation sites (tertiary alicyclic amines) is 2. The van der Waals surface area contributed by atoms with Gasteiger partial charge >= 0.3 is 18.2 Å². The number of aliphatic hydroxyl groups is 1. The SMILES string of the molecule is CC(C)(C)OC(=O)[C@@H](Cc1cccc(CC2(CO)CCN(C(=O)OCc3ccccc3)CC2)c1)[C@H]1CCN(C(=O)OC(C)(C)C)C1. The number of benzene rings is 2. The monoisotopic (exact) mass is 636 g/mol. The number of aliphatic hydroxyl groups excluding tert-OH is 1. The van der Waals surface area contributed by atoms with Crippen molar-refractivity contribution in [2.45, 2.75) is 91.5 Å². The van der Waals surface area contributed by atoms with Crippen molar-refractivity contribution >= 4 is 18.2 Å². The van der Waals surface area contributed by atoms with Gasteiger partial charge in [0, 0.05) is 38.2 Å². The van der Waals surface area contributed by atoms with E-state index in [4.69, 9.17) is 14.2 Å². The molecular weight excluding hydrogens is 584 g/mol. The topological polar surface area (TPSA) is 106 Å². The summed E-state index contributed by atoms with van der Waals surface area (Å²) < 4.78 is 17.0. The third kappa shape index (κ3) is 10.2. The van der Waals surface area contributed by atoms with Gasteiger partial charge in [-0.2, -0.15) is 0 Å². The highest BCUT2D eigenvalue weighted by Gasteiger charge is 2.40. The molecule has 252 valence electrons. The van der Waals surface area contributed by atoms with E-state index in [1.54, 1.807) is 9.80 Å². The van der Waals surface area contributed by atoms with Crippen LogP contribution in [0.5, 0.6) is 0 Å². The molecule has 2 aromatic rings. The molecule has 9 heteroatoms. The second-order valence-corrected chi connectivity index (χ2v) is 15.0. The zero-order chi connectivity index (χ0) is 33.5. The fourth-order valence-corrected chi connectivity index (χ4v) is 6.35. The molecule has 2 saturated heterocycles. The van der Waals surface area contributed by atoms with Gasteiger partial charge in [-0.05, 0) is 96.3 Å². The Hall–Kier alpha value is -3.59. The first-order valence-corrected chi connectivity index (χ1v) is 16.5. The number of nitrogens with zero attached hydrogens (tertiary/aromatic N) is 2. The second-order valence-electron chi connectivity index (χ2n) is 15.0. The van der Waals surface area contributed by atoms with Crippen LogP contribution in [0.1, 0.15) is 77.5 Å². The summed E-state index contributed by atoms with van der Waals surface area (Å²) in [5.41, 5.74) is 1.47. The first kappa shape index (κ1) is 35.3. The molecule has 2 atom stereocenters. The lowest BCUT2D eigenvalue weighted by atomic mass is 9.74. The smallest absolute Gasteiger partial charge is 0.410 e. The summed E-state index contributed by atoms with van der Waals surface area (Å²) in [5, 5.41) is 10.5. The zero-order valence-electron chi connectivity index (χ0n) is 28.4. The van der Waals surface area contributed by atoms with E-state index in [-0.39, 0.29) is 42.7 Å². The Morgan fingerprint density at radius 3 is 2.09 bits per heavy atom. The van der Waals surface area contributed by atoms with Crippen LogP contribution in [0.15, 0.2) is 54.6 Å². The van der Waals surface area contributed by atoms with Gasteiger partial charge in [0.15, 0.2) is 0 Å². The van der Waals surface area contributed by atoms with Crippen LogP contribution in [0.2, 0.25) is 0 Å². The van der Waals surface area contributed by atoms with Gasteiger partial charge in [-0.1, -0.05) is 54.6 Å². The Morgan fingerprint density at radius 1 is 0.826 bits per heavy atom. The van der Waals surface area contributed by atoms with E-state index in [0.29, 0.717) is 58.3 Å². The van der Waals surface area contributed by atoms with Crippen LogP contribution in [-0.2, 0) is 38.5 Å². The maximum absolute atomic E-state index is 13.5. The Bertz CT molecular complexity index is 1320. The number of hydrogen-bond donors (Lipinski definition) is 1. The molecule has 4 rings (SSSR count). The van der Waals surface area contributed by atoms with Gasteiger partial charge in [0.1, 0.15) is 17.8 Å². The van der Waals surface area contributed by atoms with Gasteiger partial charge in [0.25, 0.3) is 0 Å². The molecule has 0 bridgehead atoms. The number of carbonyl (C=O) groups excluding carboxylic acids is 3. The molecule has 2 aliphatic heterocycles. The second kappa shape index (κ2) is 14.9. The summed E-state index contributed by atoms with van der Waals surface area (Å²) in [6.07, 6.45) is 2.49. The number of hydrogen-bond acceptors (Lipinski definition) is 7. The summed E-state index contributed by atoms with van der Waals surface area (Å²) in [5.74, 6) is -0.730. The predicted octanol–water partition coefficient (Wildman–Crippen LogP) is 6.40. The van der Waals surface area contributed by atoms with Crippen LogP contribution >= 0.6 is 0 Å². The summed E-state index contributed by atoms with van der Waals surface area (Å²) >= 11 is 0. The summed E-state index contributed by atoms with van der Waals surface area (Å²) in [4.78, 5) is 42.4. The van der Waals surface area contributed by atoms with Crippen molar-refractivity contribution in [3.63, 3.8) is 0 Å². The number of carbonyl (C=O) groups is 3. The number of rotatable bonds is 9. The number of ether oxygens (including phenoxy) is 3. The van der Waals surface area contributed by atoms with Crippen molar-refractivity contribution in [2.75, 3.05) is 32.8 Å². The van der Waals surface area contributed by atoms with Gasteiger partial charge in [0.2, 0.25) is 0 Å². The third-order valence-electron chi connectivity index (χ3n) is 8.80. The Labute approximate surface area is 274 Å². The Balaban J connectivity index is 1.40. The van der Waals surface area contributed by atoms with Crippen LogP contribution in [0, 0.1) is 17.3 Å². The van der Waals surface area contributed by atoms with Gasteiger partial charge in [-0.25, -0.2) is 9.59 Å². The number of piperidine rings is 1. The summed E-state index contributed by atoms with van der Waals surface area (Å²) in [6.45, 7) is 13.4. The highest BCUT2D eigenvalue weighted by atomic mass is 16.6. The minimum Gasteiger partial charge on any atom is -0.460 e. The Morgan fingerprint density at radius 2 is 1.46 bits per heavy atom. The van der Waals surface area contributed by atoms with Crippen molar-refractivity contribution < 1.29 is 33.7 Å². The molecule has 0 radical (unpaired) electrons. The molecule has 2 heterocycles. The lowest BCUT2D eigenvalue weighted by Gasteiger charge is -2.40. The average Bonchev–Trinajstić information content (AvgIpc) is 3.48. The molecule has 0 aromatic heterocycles. The highest BCUT2D eigenvalue weighted by Crippen LogP contribution is 2.36. The average molecular weight is 637 g/mol. The summed E-state index contributed by atoms with van der Waals surface area (Å²) in [7, 11) is 0. The lowest BCUT2D eigenvalue weighted by molar-refractivity contribution is -0.162. The van der Waals surface area contributed by atoms with Crippen molar-refractivity contribution in [3.8, 4) is 0 Å². The first-order chi connectivity index (χ1) is 21.7. The predicted molar refractivity (Wildman–Crippen MR) is 176 cm³/mol. The van der Waals surface area contributed by atoms with Crippen LogP contribution < -0.4 is 0 Å². The van der Waals surface area contributed by atoms with Crippen molar-refractivity contribution in [1.29, 1.82) is 0 Å². The van der Waals surface area contributed by atoms with Crippen molar-refractivity contribution in [3.05, 3.63) is 71.3 Å². The molecule has 0 aliphatic carbocycles. The third-order valence-corrected chi connectivity index (χ3v) is 8.80. The van der Waals surface area contributed by atoms with E-state index in [9.17, 15) is 19.5 Å². The van der Waals surface area contributed by atoms with Gasteiger partial charge in [-0.15, -0.1) is 0 Å². The molecule has 2 amide bonds. The maximum atomic E-state index is 13.5. The molecule has 2 aromatic carbocycles.